The van der Waals surface area contributed by atoms with Crippen LogP contribution < -0.4 is 11.3 Å². The van der Waals surface area contributed by atoms with E-state index in [1.165, 1.54) is 4.80 Å². The molecule has 19 heavy (non-hydrogen) atoms. The molecule has 1 heterocycles. The fourth-order valence-corrected chi connectivity index (χ4v) is 1.64. The second-order valence-corrected chi connectivity index (χ2v) is 3.92. The van der Waals surface area contributed by atoms with Crippen LogP contribution >= 0.6 is 0 Å². The van der Waals surface area contributed by atoms with Gasteiger partial charge in [0.2, 0.25) is 0 Å². The van der Waals surface area contributed by atoms with Crippen molar-refractivity contribution in [3.8, 4) is 0 Å². The Morgan fingerprint density at radius 1 is 1.32 bits per heavy atom. The highest BCUT2D eigenvalue weighted by atomic mass is 19.2. The third-order valence-electron chi connectivity index (χ3n) is 2.55. The summed E-state index contributed by atoms with van der Waals surface area (Å²) in [4.78, 5) is 1.24. The van der Waals surface area contributed by atoms with Crippen LogP contribution in [-0.4, -0.2) is 20.2 Å². The van der Waals surface area contributed by atoms with Gasteiger partial charge in [-0.1, -0.05) is 0 Å². The molecule has 1 unspecified atom stereocenters. The zero-order chi connectivity index (χ0) is 14.0. The lowest BCUT2D eigenvalue weighted by molar-refractivity contribution is 0.438. The van der Waals surface area contributed by atoms with E-state index in [0.29, 0.717) is 5.82 Å². The number of nitrogens with zero attached hydrogens (tertiary/aromatic N) is 4. The lowest BCUT2D eigenvalue weighted by Crippen LogP contribution is -2.30. The Morgan fingerprint density at radius 3 is 2.42 bits per heavy atom. The molecule has 2 rings (SSSR count). The molecule has 1 aromatic heterocycles. The van der Waals surface area contributed by atoms with E-state index in [2.05, 4.69) is 20.8 Å². The highest BCUT2D eigenvalue weighted by Gasteiger charge is 2.18. The van der Waals surface area contributed by atoms with Gasteiger partial charge in [0, 0.05) is 6.42 Å². The summed E-state index contributed by atoms with van der Waals surface area (Å²) >= 11 is 0. The number of aryl methyl sites for hydroxylation is 1. The summed E-state index contributed by atoms with van der Waals surface area (Å²) in [6, 6.07) is 1.09. The highest BCUT2D eigenvalue weighted by Crippen LogP contribution is 2.20. The van der Waals surface area contributed by atoms with Crippen LogP contribution in [0.3, 0.4) is 0 Å². The van der Waals surface area contributed by atoms with Gasteiger partial charge in [-0.2, -0.15) is 4.80 Å². The van der Waals surface area contributed by atoms with Crippen LogP contribution in [0.2, 0.25) is 0 Å². The molecule has 3 N–H and O–H groups in total. The van der Waals surface area contributed by atoms with E-state index in [4.69, 9.17) is 5.84 Å². The maximum atomic E-state index is 13.1. The Balaban J connectivity index is 2.27. The van der Waals surface area contributed by atoms with Gasteiger partial charge in [-0.25, -0.2) is 13.2 Å². The molecule has 0 aliphatic rings. The van der Waals surface area contributed by atoms with E-state index in [9.17, 15) is 13.2 Å². The predicted molar refractivity (Wildman–Crippen MR) is 58.9 cm³/mol. The average molecular weight is 272 g/mol. The van der Waals surface area contributed by atoms with Crippen molar-refractivity contribution < 1.29 is 13.2 Å². The molecular formula is C10H11F3N6. The van der Waals surface area contributed by atoms with Gasteiger partial charge in [0.15, 0.2) is 23.3 Å². The maximum Gasteiger partial charge on any atom is 0.194 e. The quantitative estimate of drug-likeness (QED) is 0.477. The van der Waals surface area contributed by atoms with Crippen molar-refractivity contribution in [3.05, 3.63) is 41.0 Å². The number of aromatic nitrogens is 4. The van der Waals surface area contributed by atoms with Crippen molar-refractivity contribution >= 4 is 0 Å². The number of nitrogens with one attached hydrogen (secondary N) is 1. The first-order chi connectivity index (χ1) is 9.01. The molecule has 9 heteroatoms. The van der Waals surface area contributed by atoms with Crippen molar-refractivity contribution in [3.63, 3.8) is 0 Å². The average Bonchev–Trinajstić information content (AvgIpc) is 2.78. The molecule has 0 spiro atoms. The van der Waals surface area contributed by atoms with Gasteiger partial charge in [0.05, 0.1) is 13.1 Å². The van der Waals surface area contributed by atoms with Gasteiger partial charge in [0.25, 0.3) is 0 Å². The number of hydrogen-bond donors (Lipinski definition) is 2. The van der Waals surface area contributed by atoms with Crippen LogP contribution in [0.15, 0.2) is 12.1 Å². The van der Waals surface area contributed by atoms with Gasteiger partial charge in [-0.05, 0) is 22.9 Å². The lowest BCUT2D eigenvalue weighted by Gasteiger charge is -2.14. The van der Waals surface area contributed by atoms with Crippen molar-refractivity contribution in [2.45, 2.75) is 12.5 Å². The minimum atomic E-state index is -1.52. The van der Waals surface area contributed by atoms with Crippen molar-refractivity contribution in [1.29, 1.82) is 0 Å². The molecule has 1 aromatic carbocycles. The van der Waals surface area contributed by atoms with E-state index < -0.39 is 23.5 Å². The third-order valence-corrected chi connectivity index (χ3v) is 2.55. The molecule has 0 aliphatic heterocycles. The Kier molecular flexibility index (Phi) is 3.76. The number of halogens is 3. The Bertz CT molecular complexity index is 561. The number of nitrogens with two attached hydrogens (primary N) is 1. The zero-order valence-electron chi connectivity index (χ0n) is 9.94. The largest absolute Gasteiger partial charge is 0.271 e. The highest BCUT2D eigenvalue weighted by molar-refractivity contribution is 5.23. The standard InChI is InChI=1S/C10H11F3N6/c1-19-17-9(16-18-19)4-8(15-14)5-2-6(11)10(13)7(12)3-5/h2-3,8,15H,4,14H2,1H3. The second kappa shape index (κ2) is 5.33. The summed E-state index contributed by atoms with van der Waals surface area (Å²) in [7, 11) is 1.58. The molecular weight excluding hydrogens is 261 g/mol. The Hall–Kier alpha value is -2.00. The maximum absolute atomic E-state index is 13.1. The summed E-state index contributed by atoms with van der Waals surface area (Å²) in [6.07, 6.45) is 0.162. The molecule has 0 radical (unpaired) electrons. The molecule has 102 valence electrons. The minimum absolute atomic E-state index is 0.159. The van der Waals surface area contributed by atoms with Crippen molar-refractivity contribution in [1.82, 2.24) is 25.6 Å². The monoisotopic (exact) mass is 272 g/mol. The first kappa shape index (κ1) is 13.4. The Morgan fingerprint density at radius 2 is 1.95 bits per heavy atom. The number of hydrazine groups is 1. The summed E-state index contributed by atoms with van der Waals surface area (Å²) in [5, 5.41) is 11.3. The fraction of sp³-hybridized carbons (Fsp3) is 0.300. The third kappa shape index (κ3) is 2.88. The van der Waals surface area contributed by atoms with E-state index in [1.54, 1.807) is 7.05 Å². The fourth-order valence-electron chi connectivity index (χ4n) is 1.64. The van der Waals surface area contributed by atoms with Crippen LogP contribution in [0, 0.1) is 17.5 Å². The summed E-state index contributed by atoms with van der Waals surface area (Å²) in [6.45, 7) is 0. The number of rotatable bonds is 4. The van der Waals surface area contributed by atoms with Gasteiger partial charge < -0.3 is 0 Å². The summed E-state index contributed by atoms with van der Waals surface area (Å²) < 4.78 is 39.2. The molecule has 0 saturated heterocycles. The van der Waals surface area contributed by atoms with Crippen LogP contribution in [0.4, 0.5) is 13.2 Å². The van der Waals surface area contributed by atoms with E-state index in [1.807, 2.05) is 0 Å². The van der Waals surface area contributed by atoms with Gasteiger partial charge in [-0.3, -0.25) is 11.3 Å². The van der Waals surface area contributed by atoms with E-state index >= 15 is 0 Å². The SMILES string of the molecule is Cn1nnc(CC(NN)c2cc(F)c(F)c(F)c2)n1. The van der Waals surface area contributed by atoms with Crippen LogP contribution in [0.5, 0.6) is 0 Å². The summed E-state index contributed by atoms with van der Waals surface area (Å²) in [5.41, 5.74) is 2.54. The van der Waals surface area contributed by atoms with Gasteiger partial charge in [0.1, 0.15) is 0 Å². The molecule has 2 aromatic rings. The first-order valence-electron chi connectivity index (χ1n) is 5.34. The van der Waals surface area contributed by atoms with Gasteiger partial charge >= 0.3 is 0 Å². The molecule has 0 aliphatic carbocycles. The van der Waals surface area contributed by atoms with Crippen LogP contribution in [0.1, 0.15) is 17.4 Å². The lowest BCUT2D eigenvalue weighted by atomic mass is 10.0. The molecule has 1 atom stereocenters. The Labute approximate surface area is 106 Å². The van der Waals surface area contributed by atoms with Crippen molar-refractivity contribution in [2.75, 3.05) is 0 Å². The molecule has 0 bridgehead atoms. The normalized spacial score (nSPS) is 12.7. The zero-order valence-corrected chi connectivity index (χ0v) is 9.94. The predicted octanol–water partition coefficient (Wildman–Crippen LogP) is 0.374. The van der Waals surface area contributed by atoms with Crippen LogP contribution in [-0.2, 0) is 13.5 Å². The topological polar surface area (TPSA) is 81.7 Å². The van der Waals surface area contributed by atoms with E-state index in [0.717, 1.165) is 12.1 Å². The molecule has 0 amide bonds. The van der Waals surface area contributed by atoms with Crippen molar-refractivity contribution in [2.24, 2.45) is 12.9 Å². The molecule has 0 fully saturated rings. The number of benzene rings is 1. The molecule has 6 nitrogen and oxygen atoms in total. The number of tetrazole rings is 1. The first-order valence-corrected chi connectivity index (χ1v) is 5.34. The van der Waals surface area contributed by atoms with Gasteiger partial charge in [-0.15, -0.1) is 10.2 Å². The molecule has 0 saturated carbocycles. The summed E-state index contributed by atoms with van der Waals surface area (Å²) in [5.74, 6) is 1.60. The minimum Gasteiger partial charge on any atom is -0.271 e. The second-order valence-electron chi connectivity index (χ2n) is 3.92. The smallest absolute Gasteiger partial charge is 0.194 e. The number of hydrogen-bond acceptors (Lipinski definition) is 5. The van der Waals surface area contributed by atoms with E-state index in [-0.39, 0.29) is 12.0 Å². The van der Waals surface area contributed by atoms with Crippen LogP contribution in [0.25, 0.3) is 0 Å².